The van der Waals surface area contributed by atoms with E-state index in [1.165, 1.54) is 12.1 Å². The number of halogens is 1. The molecular weight excluding hydrogens is 313 g/mol. The molecule has 0 bridgehead atoms. The summed E-state index contributed by atoms with van der Waals surface area (Å²) in [6.07, 6.45) is 2.86. The van der Waals surface area contributed by atoms with E-state index in [-0.39, 0.29) is 36.6 Å². The molecule has 0 saturated carbocycles. The lowest BCUT2D eigenvalue weighted by atomic mass is 9.95. The highest BCUT2D eigenvalue weighted by Crippen LogP contribution is 2.31. The van der Waals surface area contributed by atoms with Crippen molar-refractivity contribution in [3.05, 3.63) is 35.6 Å². The maximum absolute atomic E-state index is 13.1. The Balaban J connectivity index is 1.74. The number of imide groups is 1. The van der Waals surface area contributed by atoms with Gasteiger partial charge < -0.3 is 10.2 Å². The zero-order valence-corrected chi connectivity index (χ0v) is 13.3. The molecule has 2 saturated heterocycles. The molecule has 7 heteroatoms. The molecule has 1 aromatic carbocycles. The molecule has 1 unspecified atom stereocenters. The molecule has 2 fully saturated rings. The average molecular weight is 333 g/mol. The SMILES string of the molecule is O=C1CCNC(=O)N1CC(=O)N1CCCCC1c1ccc(F)cc1. The van der Waals surface area contributed by atoms with Gasteiger partial charge in [0, 0.05) is 19.5 Å². The molecule has 6 nitrogen and oxygen atoms in total. The van der Waals surface area contributed by atoms with Crippen molar-refractivity contribution in [1.82, 2.24) is 15.1 Å². The standard InChI is InChI=1S/C17H20FN3O3/c18-13-6-4-12(5-7-13)14-3-1-2-10-20(14)16(23)11-21-15(22)8-9-19-17(21)24/h4-7,14H,1-3,8-11H2,(H,19,24). The van der Waals surface area contributed by atoms with Gasteiger partial charge >= 0.3 is 6.03 Å². The fourth-order valence-electron chi connectivity index (χ4n) is 3.27. The van der Waals surface area contributed by atoms with Crippen LogP contribution in [0.25, 0.3) is 0 Å². The van der Waals surface area contributed by atoms with Crippen LogP contribution in [0.4, 0.5) is 9.18 Å². The van der Waals surface area contributed by atoms with Gasteiger partial charge in [-0.25, -0.2) is 9.18 Å². The first kappa shape index (κ1) is 16.4. The second-order valence-corrected chi connectivity index (χ2v) is 6.11. The van der Waals surface area contributed by atoms with Crippen molar-refractivity contribution < 1.29 is 18.8 Å². The molecule has 0 aliphatic carbocycles. The highest BCUT2D eigenvalue weighted by molar-refractivity contribution is 6.00. The first-order valence-electron chi connectivity index (χ1n) is 8.19. The molecule has 0 radical (unpaired) electrons. The van der Waals surface area contributed by atoms with Crippen molar-refractivity contribution in [3.63, 3.8) is 0 Å². The molecule has 4 amide bonds. The van der Waals surface area contributed by atoms with Crippen molar-refractivity contribution in [2.45, 2.75) is 31.7 Å². The van der Waals surface area contributed by atoms with Gasteiger partial charge in [0.25, 0.3) is 0 Å². The molecule has 2 aliphatic rings. The number of urea groups is 1. The van der Waals surface area contributed by atoms with Crippen LogP contribution in [0, 0.1) is 5.82 Å². The van der Waals surface area contributed by atoms with Crippen LogP contribution in [-0.2, 0) is 9.59 Å². The fourth-order valence-corrected chi connectivity index (χ4v) is 3.27. The van der Waals surface area contributed by atoms with Crippen LogP contribution in [0.3, 0.4) is 0 Å². The predicted octanol–water partition coefficient (Wildman–Crippen LogP) is 1.82. The van der Waals surface area contributed by atoms with Gasteiger partial charge in [0.1, 0.15) is 12.4 Å². The Morgan fingerprint density at radius 3 is 2.67 bits per heavy atom. The molecular formula is C17H20FN3O3. The number of amides is 4. The molecule has 24 heavy (non-hydrogen) atoms. The lowest BCUT2D eigenvalue weighted by Crippen LogP contribution is -2.54. The number of benzene rings is 1. The number of piperidine rings is 1. The normalized spacial score (nSPS) is 21.6. The van der Waals surface area contributed by atoms with E-state index in [9.17, 15) is 18.8 Å². The molecule has 1 N–H and O–H groups in total. The number of nitrogens with zero attached hydrogens (tertiary/aromatic N) is 2. The third-order valence-corrected chi connectivity index (χ3v) is 4.53. The number of rotatable bonds is 3. The quantitative estimate of drug-likeness (QED) is 0.917. The van der Waals surface area contributed by atoms with Gasteiger partial charge in [0.2, 0.25) is 11.8 Å². The number of carbonyl (C=O) groups excluding carboxylic acids is 3. The van der Waals surface area contributed by atoms with E-state index < -0.39 is 6.03 Å². The second kappa shape index (κ2) is 6.98. The Kier molecular flexibility index (Phi) is 4.78. The molecule has 2 heterocycles. The summed E-state index contributed by atoms with van der Waals surface area (Å²) in [5.74, 6) is -0.903. The van der Waals surface area contributed by atoms with E-state index in [0.29, 0.717) is 13.1 Å². The van der Waals surface area contributed by atoms with E-state index in [1.807, 2.05) is 0 Å². The van der Waals surface area contributed by atoms with Crippen LogP contribution in [0.1, 0.15) is 37.3 Å². The molecule has 128 valence electrons. The third kappa shape index (κ3) is 3.39. The van der Waals surface area contributed by atoms with Gasteiger partial charge in [-0.3, -0.25) is 14.5 Å². The summed E-state index contributed by atoms with van der Waals surface area (Å²) in [6, 6.07) is 5.47. The minimum atomic E-state index is -0.519. The van der Waals surface area contributed by atoms with Gasteiger partial charge in [-0.05, 0) is 37.0 Å². The first-order valence-corrected chi connectivity index (χ1v) is 8.19. The minimum Gasteiger partial charge on any atom is -0.337 e. The first-order chi connectivity index (χ1) is 11.6. The summed E-state index contributed by atoms with van der Waals surface area (Å²) in [5, 5.41) is 2.57. The predicted molar refractivity (Wildman–Crippen MR) is 84.4 cm³/mol. The van der Waals surface area contributed by atoms with Gasteiger partial charge in [-0.2, -0.15) is 0 Å². The largest absolute Gasteiger partial charge is 0.337 e. The van der Waals surface area contributed by atoms with Crippen LogP contribution in [0.5, 0.6) is 0 Å². The average Bonchev–Trinajstić information content (AvgIpc) is 2.59. The lowest BCUT2D eigenvalue weighted by Gasteiger charge is -2.37. The van der Waals surface area contributed by atoms with E-state index in [0.717, 1.165) is 29.7 Å². The lowest BCUT2D eigenvalue weighted by molar-refractivity contribution is -0.141. The van der Waals surface area contributed by atoms with Crippen LogP contribution in [0.2, 0.25) is 0 Å². The highest BCUT2D eigenvalue weighted by Gasteiger charge is 2.33. The molecule has 0 aromatic heterocycles. The molecule has 2 aliphatic heterocycles. The Bertz CT molecular complexity index is 631. The van der Waals surface area contributed by atoms with Crippen LogP contribution >= 0.6 is 0 Å². The zero-order chi connectivity index (χ0) is 17.1. The van der Waals surface area contributed by atoms with Crippen LogP contribution < -0.4 is 5.32 Å². The van der Waals surface area contributed by atoms with E-state index in [4.69, 9.17) is 0 Å². The van der Waals surface area contributed by atoms with Crippen LogP contribution in [0.15, 0.2) is 24.3 Å². The monoisotopic (exact) mass is 333 g/mol. The van der Waals surface area contributed by atoms with Gasteiger partial charge in [-0.15, -0.1) is 0 Å². The van der Waals surface area contributed by atoms with Crippen LogP contribution in [-0.4, -0.2) is 47.3 Å². The summed E-state index contributed by atoms with van der Waals surface area (Å²) >= 11 is 0. The van der Waals surface area contributed by atoms with E-state index >= 15 is 0 Å². The number of nitrogens with one attached hydrogen (secondary N) is 1. The van der Waals surface area contributed by atoms with Crippen molar-refractivity contribution in [3.8, 4) is 0 Å². The van der Waals surface area contributed by atoms with E-state index in [2.05, 4.69) is 5.32 Å². The van der Waals surface area contributed by atoms with Crippen molar-refractivity contribution in [1.29, 1.82) is 0 Å². The maximum Gasteiger partial charge on any atom is 0.324 e. The Morgan fingerprint density at radius 2 is 1.96 bits per heavy atom. The number of carbonyl (C=O) groups is 3. The maximum atomic E-state index is 13.1. The molecule has 1 atom stereocenters. The number of likely N-dealkylation sites (tertiary alicyclic amines) is 1. The van der Waals surface area contributed by atoms with Crippen molar-refractivity contribution in [2.24, 2.45) is 0 Å². The summed E-state index contributed by atoms with van der Waals surface area (Å²) in [6.45, 7) is 0.636. The van der Waals surface area contributed by atoms with Crippen molar-refractivity contribution >= 4 is 17.8 Å². The Labute approximate surface area is 139 Å². The highest BCUT2D eigenvalue weighted by atomic mass is 19.1. The summed E-state index contributed by atoms with van der Waals surface area (Å²) in [4.78, 5) is 39.0. The zero-order valence-electron chi connectivity index (χ0n) is 13.3. The van der Waals surface area contributed by atoms with Gasteiger partial charge in [-0.1, -0.05) is 12.1 Å². The number of hydrogen-bond acceptors (Lipinski definition) is 3. The second-order valence-electron chi connectivity index (χ2n) is 6.11. The molecule has 0 spiro atoms. The topological polar surface area (TPSA) is 69.7 Å². The summed E-state index contributed by atoms with van der Waals surface area (Å²) < 4.78 is 13.1. The molecule has 3 rings (SSSR count). The summed E-state index contributed by atoms with van der Waals surface area (Å²) in [7, 11) is 0. The minimum absolute atomic E-state index is 0.144. The van der Waals surface area contributed by atoms with E-state index in [1.54, 1.807) is 17.0 Å². The summed E-state index contributed by atoms with van der Waals surface area (Å²) in [5.41, 5.74) is 0.874. The Hall–Kier alpha value is -2.44. The Morgan fingerprint density at radius 1 is 1.21 bits per heavy atom. The van der Waals surface area contributed by atoms with Crippen molar-refractivity contribution in [2.75, 3.05) is 19.6 Å². The number of hydrogen-bond donors (Lipinski definition) is 1. The van der Waals surface area contributed by atoms with Gasteiger partial charge in [0.05, 0.1) is 6.04 Å². The fraction of sp³-hybridized carbons (Fsp3) is 0.471. The molecule has 1 aromatic rings. The smallest absolute Gasteiger partial charge is 0.324 e. The van der Waals surface area contributed by atoms with Gasteiger partial charge in [0.15, 0.2) is 0 Å². The third-order valence-electron chi connectivity index (χ3n) is 4.53.